The lowest BCUT2D eigenvalue weighted by Gasteiger charge is -2.34. The van der Waals surface area contributed by atoms with Crippen molar-refractivity contribution in [1.82, 2.24) is 10.2 Å². The Labute approximate surface area is 108 Å². The Balaban J connectivity index is 1.82. The molecule has 0 aromatic heterocycles. The van der Waals surface area contributed by atoms with E-state index < -0.39 is 0 Å². The van der Waals surface area contributed by atoms with Crippen molar-refractivity contribution < 1.29 is 9.47 Å². The van der Waals surface area contributed by atoms with Crippen LogP contribution in [0.1, 0.15) is 24.9 Å². The Morgan fingerprint density at radius 2 is 2.00 bits per heavy atom. The normalized spacial score (nSPS) is 20.9. The smallest absolute Gasteiger partial charge is 0.231 e. The van der Waals surface area contributed by atoms with Crippen LogP contribution >= 0.6 is 0 Å². The fourth-order valence-corrected chi connectivity index (χ4v) is 2.82. The highest BCUT2D eigenvalue weighted by atomic mass is 16.7. The summed E-state index contributed by atoms with van der Waals surface area (Å²) in [5.74, 6) is 1.76. The maximum Gasteiger partial charge on any atom is 0.231 e. The van der Waals surface area contributed by atoms with Crippen LogP contribution in [0.4, 0.5) is 0 Å². The predicted octanol–water partition coefficient (Wildman–Crippen LogP) is 1.77. The summed E-state index contributed by atoms with van der Waals surface area (Å²) < 4.78 is 10.8. The lowest BCUT2D eigenvalue weighted by Crippen LogP contribution is -2.45. The molecule has 18 heavy (non-hydrogen) atoms. The standard InChI is InChI=1S/C14H20N2O2/c1-2-12(16-7-5-15-6-8-16)11-3-4-13-14(9-11)18-10-17-13/h3-4,9,12,15H,2,5-8,10H2,1H3/t12-/m1/s1. The molecule has 0 radical (unpaired) electrons. The fourth-order valence-electron chi connectivity index (χ4n) is 2.82. The molecule has 4 nitrogen and oxygen atoms in total. The second-order valence-corrected chi connectivity index (χ2v) is 4.82. The first-order valence-electron chi connectivity index (χ1n) is 6.73. The average Bonchev–Trinajstić information content (AvgIpc) is 2.88. The summed E-state index contributed by atoms with van der Waals surface area (Å²) in [5.41, 5.74) is 1.34. The fraction of sp³-hybridized carbons (Fsp3) is 0.571. The van der Waals surface area contributed by atoms with E-state index in [4.69, 9.17) is 9.47 Å². The molecule has 1 atom stereocenters. The van der Waals surface area contributed by atoms with Gasteiger partial charge >= 0.3 is 0 Å². The van der Waals surface area contributed by atoms with Crippen molar-refractivity contribution in [2.45, 2.75) is 19.4 Å². The Bertz CT molecular complexity index is 416. The molecule has 0 saturated carbocycles. The van der Waals surface area contributed by atoms with Gasteiger partial charge in [0.25, 0.3) is 0 Å². The highest BCUT2D eigenvalue weighted by molar-refractivity contribution is 5.45. The number of benzene rings is 1. The lowest BCUT2D eigenvalue weighted by molar-refractivity contribution is 0.168. The molecule has 0 amide bonds. The number of fused-ring (bicyclic) bond motifs is 1. The molecular formula is C14H20N2O2. The predicted molar refractivity (Wildman–Crippen MR) is 70.0 cm³/mol. The van der Waals surface area contributed by atoms with Gasteiger partial charge in [0.05, 0.1) is 0 Å². The SMILES string of the molecule is CC[C@H](c1ccc2c(c1)OCO2)N1CCNCC1. The van der Waals surface area contributed by atoms with Gasteiger partial charge in [0, 0.05) is 32.2 Å². The molecule has 1 fully saturated rings. The van der Waals surface area contributed by atoms with Crippen LogP contribution in [0.3, 0.4) is 0 Å². The highest BCUT2D eigenvalue weighted by Gasteiger charge is 2.22. The van der Waals surface area contributed by atoms with Crippen molar-refractivity contribution in [2.75, 3.05) is 33.0 Å². The molecule has 1 N–H and O–H groups in total. The van der Waals surface area contributed by atoms with Crippen LogP contribution in [-0.2, 0) is 0 Å². The molecule has 2 aliphatic heterocycles. The minimum absolute atomic E-state index is 0.350. The molecule has 0 aliphatic carbocycles. The van der Waals surface area contributed by atoms with E-state index in [0.29, 0.717) is 12.8 Å². The summed E-state index contributed by atoms with van der Waals surface area (Å²) in [6, 6.07) is 6.83. The third kappa shape index (κ3) is 2.18. The first kappa shape index (κ1) is 11.8. The van der Waals surface area contributed by atoms with Gasteiger partial charge in [0.2, 0.25) is 6.79 Å². The number of ether oxygens (including phenoxy) is 2. The third-order valence-corrected chi connectivity index (χ3v) is 3.76. The van der Waals surface area contributed by atoms with Crippen LogP contribution < -0.4 is 14.8 Å². The molecular weight excluding hydrogens is 228 g/mol. The van der Waals surface area contributed by atoms with Crippen molar-refractivity contribution in [2.24, 2.45) is 0 Å². The third-order valence-electron chi connectivity index (χ3n) is 3.76. The van der Waals surface area contributed by atoms with Crippen molar-refractivity contribution in [1.29, 1.82) is 0 Å². The minimum Gasteiger partial charge on any atom is -0.454 e. The second-order valence-electron chi connectivity index (χ2n) is 4.82. The molecule has 2 aliphatic rings. The number of hydrogen-bond acceptors (Lipinski definition) is 4. The van der Waals surface area contributed by atoms with Crippen LogP contribution in [0.25, 0.3) is 0 Å². The maximum absolute atomic E-state index is 5.47. The van der Waals surface area contributed by atoms with E-state index >= 15 is 0 Å². The van der Waals surface area contributed by atoms with Gasteiger partial charge in [-0.05, 0) is 24.1 Å². The van der Waals surface area contributed by atoms with Crippen molar-refractivity contribution in [3.8, 4) is 11.5 Å². The first-order valence-corrected chi connectivity index (χ1v) is 6.73. The Morgan fingerprint density at radius 1 is 1.22 bits per heavy atom. The van der Waals surface area contributed by atoms with Gasteiger partial charge in [-0.15, -0.1) is 0 Å². The number of rotatable bonds is 3. The zero-order valence-corrected chi connectivity index (χ0v) is 10.8. The second kappa shape index (κ2) is 5.16. The maximum atomic E-state index is 5.47. The molecule has 98 valence electrons. The average molecular weight is 248 g/mol. The topological polar surface area (TPSA) is 33.7 Å². The minimum atomic E-state index is 0.350. The van der Waals surface area contributed by atoms with Crippen molar-refractivity contribution >= 4 is 0 Å². The number of nitrogens with zero attached hydrogens (tertiary/aromatic N) is 1. The lowest BCUT2D eigenvalue weighted by atomic mass is 10.0. The van der Waals surface area contributed by atoms with Crippen molar-refractivity contribution in [3.05, 3.63) is 23.8 Å². The van der Waals surface area contributed by atoms with E-state index in [1.54, 1.807) is 0 Å². The summed E-state index contributed by atoms with van der Waals surface area (Å²) in [5, 5.41) is 3.40. The van der Waals surface area contributed by atoms with Gasteiger partial charge in [0.1, 0.15) is 0 Å². The Hall–Kier alpha value is -1.26. The van der Waals surface area contributed by atoms with Gasteiger partial charge in [-0.2, -0.15) is 0 Å². The molecule has 1 aromatic rings. The monoisotopic (exact) mass is 248 g/mol. The van der Waals surface area contributed by atoms with Gasteiger partial charge in [-0.25, -0.2) is 0 Å². The molecule has 1 aromatic carbocycles. The van der Waals surface area contributed by atoms with Crippen LogP contribution in [0.5, 0.6) is 11.5 Å². The Morgan fingerprint density at radius 3 is 2.78 bits per heavy atom. The summed E-state index contributed by atoms with van der Waals surface area (Å²) in [7, 11) is 0. The van der Waals surface area contributed by atoms with E-state index in [-0.39, 0.29) is 0 Å². The molecule has 3 rings (SSSR count). The zero-order chi connectivity index (χ0) is 12.4. The Kier molecular flexibility index (Phi) is 3.39. The van der Waals surface area contributed by atoms with Crippen LogP contribution in [0.15, 0.2) is 18.2 Å². The molecule has 0 unspecified atom stereocenters. The molecule has 0 spiro atoms. The van der Waals surface area contributed by atoms with E-state index in [1.807, 2.05) is 6.07 Å². The van der Waals surface area contributed by atoms with E-state index in [0.717, 1.165) is 44.1 Å². The quantitative estimate of drug-likeness (QED) is 0.884. The van der Waals surface area contributed by atoms with Gasteiger partial charge in [-0.1, -0.05) is 13.0 Å². The molecule has 2 heterocycles. The largest absolute Gasteiger partial charge is 0.454 e. The van der Waals surface area contributed by atoms with Crippen LogP contribution in [0.2, 0.25) is 0 Å². The molecule has 0 bridgehead atoms. The number of nitrogens with one attached hydrogen (secondary N) is 1. The number of piperazine rings is 1. The molecule has 1 saturated heterocycles. The van der Waals surface area contributed by atoms with Crippen molar-refractivity contribution in [3.63, 3.8) is 0 Å². The van der Waals surface area contributed by atoms with Gasteiger partial charge < -0.3 is 14.8 Å². The number of hydrogen-bond donors (Lipinski definition) is 1. The van der Waals surface area contributed by atoms with Crippen LogP contribution in [-0.4, -0.2) is 37.9 Å². The van der Waals surface area contributed by atoms with E-state index in [2.05, 4.69) is 29.3 Å². The summed E-state index contributed by atoms with van der Waals surface area (Å²) in [6.45, 7) is 7.00. The first-order chi connectivity index (χ1) is 8.88. The zero-order valence-electron chi connectivity index (χ0n) is 10.8. The van der Waals surface area contributed by atoms with E-state index in [9.17, 15) is 0 Å². The summed E-state index contributed by atoms with van der Waals surface area (Å²) in [4.78, 5) is 2.55. The summed E-state index contributed by atoms with van der Waals surface area (Å²) in [6.07, 6.45) is 1.12. The molecule has 4 heteroatoms. The van der Waals surface area contributed by atoms with Gasteiger partial charge in [0.15, 0.2) is 11.5 Å². The van der Waals surface area contributed by atoms with E-state index in [1.165, 1.54) is 5.56 Å². The van der Waals surface area contributed by atoms with Crippen LogP contribution in [0, 0.1) is 0 Å². The summed E-state index contributed by atoms with van der Waals surface area (Å²) >= 11 is 0. The van der Waals surface area contributed by atoms with Gasteiger partial charge in [-0.3, -0.25) is 4.90 Å². The highest BCUT2D eigenvalue weighted by Crippen LogP contribution is 2.36.